The van der Waals surface area contributed by atoms with Crippen LogP contribution in [0.5, 0.6) is 0 Å². The highest BCUT2D eigenvalue weighted by Gasteiger charge is 2.40. The molecule has 0 radical (unpaired) electrons. The first-order valence-corrected chi connectivity index (χ1v) is 6.12. The number of thiazole rings is 1. The van der Waals surface area contributed by atoms with E-state index in [-0.39, 0.29) is 13.0 Å². The number of alkyl halides is 4. The smallest absolute Gasteiger partial charge is 0.330 e. The van der Waals surface area contributed by atoms with Gasteiger partial charge in [-0.05, 0) is 0 Å². The number of carbonyl (C=O) groups excluding carboxylic acids is 1. The summed E-state index contributed by atoms with van der Waals surface area (Å²) in [7, 11) is 1.70. The highest BCUT2D eigenvalue weighted by molar-refractivity contribution is 7.07. The SMILES string of the molecule is Cn1ccsc1=NC(=O)CCOCC(F)(F)C(F)F. The topological polar surface area (TPSA) is 43.6 Å². The fourth-order valence-electron chi connectivity index (χ4n) is 1.03. The predicted molar refractivity (Wildman–Crippen MR) is 60.2 cm³/mol. The van der Waals surface area contributed by atoms with Crippen molar-refractivity contribution < 1.29 is 27.1 Å². The third kappa shape index (κ3) is 5.11. The van der Waals surface area contributed by atoms with E-state index in [4.69, 9.17) is 0 Å². The molecule has 9 heteroatoms. The molecule has 1 amide bonds. The molecule has 0 aliphatic rings. The van der Waals surface area contributed by atoms with Crippen LogP contribution in [0.2, 0.25) is 0 Å². The maximum atomic E-state index is 12.4. The molecule has 0 aliphatic heterocycles. The molecule has 19 heavy (non-hydrogen) atoms. The van der Waals surface area contributed by atoms with E-state index in [0.29, 0.717) is 4.80 Å². The molecule has 1 heterocycles. The zero-order chi connectivity index (χ0) is 14.5. The van der Waals surface area contributed by atoms with Gasteiger partial charge in [0.1, 0.15) is 6.61 Å². The van der Waals surface area contributed by atoms with Gasteiger partial charge in [0.2, 0.25) is 0 Å². The van der Waals surface area contributed by atoms with Crippen molar-refractivity contribution in [2.75, 3.05) is 13.2 Å². The van der Waals surface area contributed by atoms with Gasteiger partial charge in [0.25, 0.3) is 5.91 Å². The summed E-state index contributed by atoms with van der Waals surface area (Å²) < 4.78 is 54.4. The van der Waals surface area contributed by atoms with E-state index in [0.717, 1.165) is 0 Å². The van der Waals surface area contributed by atoms with Gasteiger partial charge in [-0.15, -0.1) is 11.3 Å². The largest absolute Gasteiger partial charge is 0.374 e. The van der Waals surface area contributed by atoms with Gasteiger partial charge in [0, 0.05) is 18.6 Å². The van der Waals surface area contributed by atoms with Gasteiger partial charge < -0.3 is 9.30 Å². The van der Waals surface area contributed by atoms with Gasteiger partial charge in [-0.1, -0.05) is 0 Å². The number of aromatic nitrogens is 1. The molecule has 0 saturated heterocycles. The first-order valence-electron chi connectivity index (χ1n) is 5.24. The highest BCUT2D eigenvalue weighted by atomic mass is 32.1. The van der Waals surface area contributed by atoms with Gasteiger partial charge in [-0.3, -0.25) is 4.79 Å². The molecule has 0 aromatic carbocycles. The Kier molecular flexibility index (Phi) is 5.67. The molecule has 0 fully saturated rings. The van der Waals surface area contributed by atoms with E-state index in [1.54, 1.807) is 23.2 Å². The van der Waals surface area contributed by atoms with E-state index >= 15 is 0 Å². The minimum atomic E-state index is -4.19. The molecular formula is C10H12F4N2O2S. The summed E-state index contributed by atoms with van der Waals surface area (Å²) in [5, 5.41) is 1.73. The molecule has 108 valence electrons. The van der Waals surface area contributed by atoms with E-state index in [1.165, 1.54) is 11.3 Å². The van der Waals surface area contributed by atoms with E-state index in [9.17, 15) is 22.4 Å². The average Bonchev–Trinajstić information content (AvgIpc) is 2.70. The molecular weight excluding hydrogens is 288 g/mol. The van der Waals surface area contributed by atoms with Gasteiger partial charge in [0.05, 0.1) is 13.0 Å². The van der Waals surface area contributed by atoms with Crippen LogP contribution in [0, 0.1) is 0 Å². The minimum absolute atomic E-state index is 0.239. The lowest BCUT2D eigenvalue weighted by Crippen LogP contribution is -2.32. The van der Waals surface area contributed by atoms with Crippen molar-refractivity contribution in [1.82, 2.24) is 4.57 Å². The quantitative estimate of drug-likeness (QED) is 0.594. The number of ether oxygens (including phenoxy) is 1. The number of hydrogen-bond donors (Lipinski definition) is 0. The Labute approximate surface area is 110 Å². The first-order chi connectivity index (χ1) is 8.83. The van der Waals surface area contributed by atoms with Crippen LogP contribution in [-0.2, 0) is 16.6 Å². The van der Waals surface area contributed by atoms with Gasteiger partial charge in [-0.2, -0.15) is 13.8 Å². The zero-order valence-electron chi connectivity index (χ0n) is 9.98. The number of carbonyl (C=O) groups is 1. The Morgan fingerprint density at radius 3 is 2.79 bits per heavy atom. The van der Waals surface area contributed by atoms with Crippen molar-refractivity contribution in [1.29, 1.82) is 0 Å². The maximum absolute atomic E-state index is 12.4. The third-order valence-electron chi connectivity index (χ3n) is 2.05. The Bertz CT molecular complexity index is 484. The number of amides is 1. The van der Waals surface area contributed by atoms with Gasteiger partial charge in [-0.25, -0.2) is 8.78 Å². The van der Waals surface area contributed by atoms with Crippen molar-refractivity contribution >= 4 is 17.2 Å². The van der Waals surface area contributed by atoms with Crippen molar-refractivity contribution in [2.45, 2.75) is 18.8 Å². The zero-order valence-corrected chi connectivity index (χ0v) is 10.8. The van der Waals surface area contributed by atoms with Crippen LogP contribution in [0.3, 0.4) is 0 Å². The number of aryl methyl sites for hydroxylation is 1. The lowest BCUT2D eigenvalue weighted by Gasteiger charge is -2.14. The van der Waals surface area contributed by atoms with E-state index < -0.39 is 24.9 Å². The summed E-state index contributed by atoms with van der Waals surface area (Å²) in [4.78, 5) is 15.5. The monoisotopic (exact) mass is 300 g/mol. The van der Waals surface area contributed by atoms with Gasteiger partial charge >= 0.3 is 12.3 Å². The Hall–Kier alpha value is -1.22. The molecule has 0 N–H and O–H groups in total. The number of nitrogens with zero attached hydrogens (tertiary/aromatic N) is 2. The van der Waals surface area contributed by atoms with E-state index in [1.807, 2.05) is 0 Å². The van der Waals surface area contributed by atoms with Crippen molar-refractivity contribution in [2.24, 2.45) is 12.0 Å². The maximum Gasteiger partial charge on any atom is 0.330 e. The normalized spacial score (nSPS) is 13.3. The molecule has 0 bridgehead atoms. The van der Waals surface area contributed by atoms with E-state index in [2.05, 4.69) is 9.73 Å². The first kappa shape index (κ1) is 15.8. The van der Waals surface area contributed by atoms with Crippen LogP contribution in [0.25, 0.3) is 0 Å². The molecule has 1 aromatic rings. The molecule has 0 spiro atoms. The van der Waals surface area contributed by atoms with Crippen molar-refractivity contribution in [3.63, 3.8) is 0 Å². The number of rotatable bonds is 6. The lowest BCUT2D eigenvalue weighted by molar-refractivity contribution is -0.166. The van der Waals surface area contributed by atoms with Crippen LogP contribution in [0.15, 0.2) is 16.6 Å². The van der Waals surface area contributed by atoms with Crippen LogP contribution >= 0.6 is 11.3 Å². The summed E-state index contributed by atoms with van der Waals surface area (Å²) in [6, 6.07) is 0. The molecule has 0 saturated carbocycles. The lowest BCUT2D eigenvalue weighted by atomic mass is 10.4. The van der Waals surface area contributed by atoms with Crippen molar-refractivity contribution in [3.05, 3.63) is 16.4 Å². The molecule has 0 unspecified atom stereocenters. The third-order valence-corrected chi connectivity index (χ3v) is 2.90. The molecule has 1 rings (SSSR count). The molecule has 4 nitrogen and oxygen atoms in total. The Balaban J connectivity index is 2.35. The average molecular weight is 300 g/mol. The van der Waals surface area contributed by atoms with Crippen LogP contribution in [0.4, 0.5) is 17.6 Å². The summed E-state index contributed by atoms with van der Waals surface area (Å²) >= 11 is 1.24. The second-order valence-corrected chi connectivity index (χ2v) is 4.54. The van der Waals surface area contributed by atoms with Crippen LogP contribution in [0.1, 0.15) is 6.42 Å². The van der Waals surface area contributed by atoms with Crippen LogP contribution in [-0.4, -0.2) is 36.0 Å². The standard InChI is InChI=1S/C10H12F4N2O2S/c1-16-3-5-19-9(16)15-7(17)2-4-18-6-10(13,14)8(11)12/h3,5,8H,2,4,6H2,1H3. The predicted octanol–water partition coefficient (Wildman–Crippen LogP) is 1.82. The summed E-state index contributed by atoms with van der Waals surface area (Å²) in [6.07, 6.45) is -2.31. The summed E-state index contributed by atoms with van der Waals surface area (Å²) in [5.74, 6) is -4.75. The number of halogens is 4. The van der Waals surface area contributed by atoms with Gasteiger partial charge in [0.15, 0.2) is 4.80 Å². The summed E-state index contributed by atoms with van der Waals surface area (Å²) in [5.41, 5.74) is 0. The molecule has 0 aliphatic carbocycles. The fourth-order valence-corrected chi connectivity index (χ4v) is 1.77. The van der Waals surface area contributed by atoms with Crippen LogP contribution < -0.4 is 4.80 Å². The van der Waals surface area contributed by atoms with Crippen molar-refractivity contribution in [3.8, 4) is 0 Å². The summed E-state index contributed by atoms with van der Waals surface area (Å²) in [6.45, 7) is -1.79. The Morgan fingerprint density at radius 2 is 2.26 bits per heavy atom. The molecule has 0 atom stereocenters. The second-order valence-electron chi connectivity index (χ2n) is 3.67. The Morgan fingerprint density at radius 1 is 1.58 bits per heavy atom. The highest BCUT2D eigenvalue weighted by Crippen LogP contribution is 2.22. The fraction of sp³-hybridized carbons (Fsp3) is 0.600. The minimum Gasteiger partial charge on any atom is -0.374 e. The number of hydrogen-bond acceptors (Lipinski definition) is 3. The second kappa shape index (κ2) is 6.80. The molecule has 1 aromatic heterocycles.